The number of carbonyl (C=O) groups is 2. The number of rotatable bonds is 6. The van der Waals surface area contributed by atoms with Crippen molar-refractivity contribution in [1.29, 1.82) is 0 Å². The van der Waals surface area contributed by atoms with E-state index in [0.717, 1.165) is 21.8 Å². The predicted octanol–water partition coefficient (Wildman–Crippen LogP) is 4.35. The quantitative estimate of drug-likeness (QED) is 0.596. The summed E-state index contributed by atoms with van der Waals surface area (Å²) >= 11 is 7.11. The van der Waals surface area contributed by atoms with Crippen molar-refractivity contribution in [2.24, 2.45) is 0 Å². The first-order chi connectivity index (χ1) is 14.9. The Kier molecular flexibility index (Phi) is 6.20. The first-order valence-corrected chi connectivity index (χ1v) is 11.0. The van der Waals surface area contributed by atoms with Gasteiger partial charge in [-0.2, -0.15) is 0 Å². The topological polar surface area (TPSA) is 84.4 Å². The Morgan fingerprint density at radius 2 is 1.90 bits per heavy atom. The number of ether oxygens (including phenoxy) is 1. The summed E-state index contributed by atoms with van der Waals surface area (Å²) < 4.78 is 5.43. The van der Waals surface area contributed by atoms with Crippen molar-refractivity contribution >= 4 is 45.6 Å². The van der Waals surface area contributed by atoms with E-state index < -0.39 is 0 Å². The number of nitrogens with zero attached hydrogens (tertiary/aromatic N) is 3. The van der Waals surface area contributed by atoms with Gasteiger partial charge in [-0.15, -0.1) is 10.2 Å². The van der Waals surface area contributed by atoms with Crippen LogP contribution in [0.15, 0.2) is 42.5 Å². The molecule has 1 fully saturated rings. The fourth-order valence-electron chi connectivity index (χ4n) is 3.51. The molecule has 1 aliphatic rings. The second-order valence-corrected chi connectivity index (χ2v) is 8.93. The monoisotopic (exact) mass is 456 g/mol. The molecule has 1 aromatic heterocycles. The molecule has 2 heterocycles. The van der Waals surface area contributed by atoms with Crippen molar-refractivity contribution in [1.82, 2.24) is 10.2 Å². The van der Waals surface area contributed by atoms with Gasteiger partial charge in [0.1, 0.15) is 10.8 Å². The largest absolute Gasteiger partial charge is 0.484 e. The van der Waals surface area contributed by atoms with Crippen molar-refractivity contribution in [3.63, 3.8) is 0 Å². The molecular formula is C22H21ClN4O3S. The molecule has 0 spiro atoms. The van der Waals surface area contributed by atoms with Crippen molar-refractivity contribution in [3.8, 4) is 5.75 Å². The van der Waals surface area contributed by atoms with Gasteiger partial charge >= 0.3 is 0 Å². The third kappa shape index (κ3) is 5.21. The molecule has 1 aliphatic heterocycles. The summed E-state index contributed by atoms with van der Waals surface area (Å²) in [4.78, 5) is 26.5. The maximum Gasteiger partial charge on any atom is 0.264 e. The highest BCUT2D eigenvalue weighted by Gasteiger charge is 2.34. The predicted molar refractivity (Wildman–Crippen MR) is 121 cm³/mol. The first kappa shape index (κ1) is 21.3. The molecule has 0 unspecified atom stereocenters. The average Bonchev–Trinajstić information content (AvgIpc) is 3.33. The molecule has 0 radical (unpaired) electrons. The second-order valence-electron chi connectivity index (χ2n) is 7.49. The minimum Gasteiger partial charge on any atom is -0.484 e. The minimum atomic E-state index is -0.336. The normalized spacial score (nSPS) is 15.9. The number of aryl methyl sites for hydroxylation is 2. The fraction of sp³-hybridized carbons (Fsp3) is 0.273. The number of hydrogen-bond donors (Lipinski definition) is 1. The van der Waals surface area contributed by atoms with Gasteiger partial charge in [0.05, 0.1) is 0 Å². The van der Waals surface area contributed by atoms with Crippen LogP contribution in [-0.2, 0) is 9.59 Å². The summed E-state index contributed by atoms with van der Waals surface area (Å²) in [7, 11) is 0. The Bertz CT molecular complexity index is 1100. The van der Waals surface area contributed by atoms with Crippen LogP contribution in [0.4, 0.5) is 10.8 Å². The number of nitrogens with one attached hydrogen (secondary N) is 1. The Balaban J connectivity index is 1.35. The summed E-state index contributed by atoms with van der Waals surface area (Å²) in [5.41, 5.74) is 3.14. The minimum absolute atomic E-state index is 0.0539. The molecule has 3 aromatic rings. The van der Waals surface area contributed by atoms with E-state index in [1.165, 1.54) is 11.3 Å². The lowest BCUT2D eigenvalue weighted by Crippen LogP contribution is -2.24. The van der Waals surface area contributed by atoms with Crippen LogP contribution < -0.4 is 15.0 Å². The Morgan fingerprint density at radius 1 is 1.19 bits per heavy atom. The molecule has 160 valence electrons. The average molecular weight is 457 g/mol. The molecule has 1 atom stereocenters. The molecule has 7 nitrogen and oxygen atoms in total. The molecule has 2 amide bonds. The van der Waals surface area contributed by atoms with E-state index in [1.54, 1.807) is 29.2 Å². The van der Waals surface area contributed by atoms with Gasteiger partial charge in [0, 0.05) is 29.6 Å². The lowest BCUT2D eigenvalue weighted by molar-refractivity contribution is -0.118. The van der Waals surface area contributed by atoms with Gasteiger partial charge in [0.15, 0.2) is 6.61 Å². The number of halogens is 1. The molecule has 1 N–H and O–H groups in total. The van der Waals surface area contributed by atoms with Crippen molar-refractivity contribution in [2.75, 3.05) is 23.4 Å². The van der Waals surface area contributed by atoms with E-state index >= 15 is 0 Å². The van der Waals surface area contributed by atoms with Gasteiger partial charge in [-0.1, -0.05) is 29.0 Å². The molecule has 0 saturated carbocycles. The highest BCUT2D eigenvalue weighted by atomic mass is 35.5. The zero-order valence-electron chi connectivity index (χ0n) is 17.1. The number of carbonyl (C=O) groups excluding carboxylic acids is 2. The van der Waals surface area contributed by atoms with Crippen molar-refractivity contribution in [3.05, 3.63) is 63.6 Å². The van der Waals surface area contributed by atoms with E-state index in [2.05, 4.69) is 21.6 Å². The molecule has 4 rings (SSSR count). The van der Waals surface area contributed by atoms with E-state index in [4.69, 9.17) is 16.3 Å². The third-order valence-electron chi connectivity index (χ3n) is 4.86. The Hall–Kier alpha value is -2.97. The van der Waals surface area contributed by atoms with Crippen LogP contribution in [0, 0.1) is 13.8 Å². The molecule has 2 aromatic carbocycles. The number of anilines is 2. The Morgan fingerprint density at radius 3 is 2.61 bits per heavy atom. The standard InChI is InChI=1S/C22H21ClN4O3S/c1-13-7-14(2)9-17(8-13)27-11-15(10-20(27)29)21-25-26-22(31-21)24-19(28)12-30-18-5-3-16(23)4-6-18/h3-9,15H,10-12H2,1-2H3,(H,24,26,28)/t15-/m1/s1. The van der Waals surface area contributed by atoms with Crippen LogP contribution in [0.2, 0.25) is 5.02 Å². The summed E-state index contributed by atoms with van der Waals surface area (Å²) in [5, 5.41) is 12.7. The lowest BCUT2D eigenvalue weighted by Gasteiger charge is -2.17. The van der Waals surface area contributed by atoms with Gasteiger partial charge in [-0.05, 0) is 61.4 Å². The van der Waals surface area contributed by atoms with Crippen molar-refractivity contribution < 1.29 is 14.3 Å². The van der Waals surface area contributed by atoms with E-state index in [1.807, 2.05) is 26.0 Å². The van der Waals surface area contributed by atoms with Crippen molar-refractivity contribution in [2.45, 2.75) is 26.2 Å². The fourth-order valence-corrected chi connectivity index (χ4v) is 4.49. The SMILES string of the molecule is Cc1cc(C)cc(N2C[C@H](c3nnc(NC(=O)COc4ccc(Cl)cc4)s3)CC2=O)c1. The van der Waals surface area contributed by atoms with Crippen LogP contribution in [0.3, 0.4) is 0 Å². The molecule has 31 heavy (non-hydrogen) atoms. The van der Waals surface area contributed by atoms with Gasteiger partial charge in [-0.25, -0.2) is 0 Å². The highest BCUT2D eigenvalue weighted by Crippen LogP contribution is 2.34. The lowest BCUT2D eigenvalue weighted by atomic mass is 10.1. The number of aromatic nitrogens is 2. The summed E-state index contributed by atoms with van der Waals surface area (Å²) in [5.74, 6) is 0.222. The van der Waals surface area contributed by atoms with E-state index in [9.17, 15) is 9.59 Å². The third-order valence-corrected chi connectivity index (χ3v) is 6.12. The van der Waals surface area contributed by atoms with Gasteiger partial charge in [0.2, 0.25) is 11.0 Å². The summed E-state index contributed by atoms with van der Waals surface area (Å²) in [6, 6.07) is 12.9. The molecule has 0 aliphatic carbocycles. The maximum atomic E-state index is 12.6. The van der Waals surface area contributed by atoms with Crippen LogP contribution >= 0.6 is 22.9 Å². The van der Waals surface area contributed by atoms with E-state index in [0.29, 0.717) is 28.9 Å². The van der Waals surface area contributed by atoms with Crippen LogP contribution in [0.5, 0.6) is 5.75 Å². The van der Waals surface area contributed by atoms with Crippen LogP contribution in [0.1, 0.15) is 28.5 Å². The second kappa shape index (κ2) is 9.03. The molecule has 0 bridgehead atoms. The van der Waals surface area contributed by atoms with Gasteiger partial charge in [-0.3, -0.25) is 14.9 Å². The molecular weight excluding hydrogens is 436 g/mol. The first-order valence-electron chi connectivity index (χ1n) is 9.77. The maximum absolute atomic E-state index is 12.6. The van der Waals surface area contributed by atoms with Gasteiger partial charge < -0.3 is 9.64 Å². The number of amides is 2. The number of hydrogen-bond acceptors (Lipinski definition) is 6. The van der Waals surface area contributed by atoms with Crippen LogP contribution in [-0.4, -0.2) is 35.2 Å². The number of benzene rings is 2. The smallest absolute Gasteiger partial charge is 0.264 e. The summed E-state index contributed by atoms with van der Waals surface area (Å²) in [6.07, 6.45) is 0.370. The van der Waals surface area contributed by atoms with Crippen LogP contribution in [0.25, 0.3) is 0 Å². The molecule has 1 saturated heterocycles. The summed E-state index contributed by atoms with van der Waals surface area (Å²) in [6.45, 7) is 4.43. The molecule has 9 heteroatoms. The van der Waals surface area contributed by atoms with E-state index in [-0.39, 0.29) is 24.3 Å². The zero-order chi connectivity index (χ0) is 22.0. The zero-order valence-corrected chi connectivity index (χ0v) is 18.7. The van der Waals surface area contributed by atoms with Gasteiger partial charge in [0.25, 0.3) is 5.91 Å². The highest BCUT2D eigenvalue weighted by molar-refractivity contribution is 7.15. The Labute approximate surface area is 189 Å².